The summed E-state index contributed by atoms with van der Waals surface area (Å²) in [4.78, 5) is 29.4. The lowest BCUT2D eigenvalue weighted by molar-refractivity contribution is -0.154. The maximum atomic E-state index is 12.2. The van der Waals surface area contributed by atoms with E-state index in [4.69, 9.17) is 27.9 Å². The Hall–Kier alpha value is -2.62. The number of carbonyl (C=O) groups excluding carboxylic acids is 2. The number of thiazole rings is 1. The molecule has 3 aromatic rings. The average molecular weight is 494 g/mol. The number of esters is 1. The lowest BCUT2D eigenvalue weighted by Crippen LogP contribution is -2.32. The number of halogens is 2. The van der Waals surface area contributed by atoms with Gasteiger partial charge in [0, 0.05) is 23.6 Å². The van der Waals surface area contributed by atoms with Crippen LogP contribution >= 0.6 is 34.5 Å². The number of fused-ring (bicyclic) bond motifs is 3. The number of aromatic nitrogens is 3. The minimum atomic E-state index is -0.554. The van der Waals surface area contributed by atoms with Crippen LogP contribution in [-0.4, -0.2) is 38.9 Å². The van der Waals surface area contributed by atoms with Crippen molar-refractivity contribution in [3.05, 3.63) is 45.7 Å². The molecular formula is C21H21Cl2N5O3S. The maximum Gasteiger partial charge on any atom is 0.321 e. The van der Waals surface area contributed by atoms with Crippen molar-refractivity contribution in [3.63, 3.8) is 0 Å². The van der Waals surface area contributed by atoms with Crippen LogP contribution in [0.4, 0.5) is 9.93 Å². The Labute approximate surface area is 198 Å². The van der Waals surface area contributed by atoms with Crippen molar-refractivity contribution in [1.29, 1.82) is 0 Å². The molecule has 1 aliphatic carbocycles. The van der Waals surface area contributed by atoms with Crippen LogP contribution in [0.5, 0.6) is 0 Å². The van der Waals surface area contributed by atoms with E-state index in [1.807, 2.05) is 0 Å². The molecule has 0 unspecified atom stereocenters. The van der Waals surface area contributed by atoms with Crippen molar-refractivity contribution >= 4 is 51.7 Å². The lowest BCUT2D eigenvalue weighted by atomic mass is 10.2. The molecule has 0 radical (unpaired) electrons. The summed E-state index contributed by atoms with van der Waals surface area (Å²) in [6, 6.07) is 4.77. The smallest absolute Gasteiger partial charge is 0.321 e. The highest BCUT2D eigenvalue weighted by atomic mass is 35.5. The van der Waals surface area contributed by atoms with Crippen LogP contribution in [-0.2, 0) is 16.0 Å². The van der Waals surface area contributed by atoms with Crippen LogP contribution in [0.1, 0.15) is 38.4 Å². The molecule has 0 saturated carbocycles. The summed E-state index contributed by atoms with van der Waals surface area (Å²) in [5.74, 6) is -0.369. The second kappa shape index (κ2) is 8.73. The van der Waals surface area contributed by atoms with Crippen LogP contribution in [0.3, 0.4) is 0 Å². The van der Waals surface area contributed by atoms with E-state index in [2.05, 4.69) is 20.7 Å². The monoisotopic (exact) mass is 493 g/mol. The molecule has 0 atom stereocenters. The SMILES string of the molecule is CC(C)(C)OC(=O)CCNC(=O)Nc1nc2c(s1)-c1c(cnn1-c1cc(Cl)ccc1Cl)C2. The van der Waals surface area contributed by atoms with E-state index in [1.165, 1.54) is 11.3 Å². The summed E-state index contributed by atoms with van der Waals surface area (Å²) >= 11 is 13.9. The number of hydrogen-bond acceptors (Lipinski definition) is 6. The zero-order valence-corrected chi connectivity index (χ0v) is 20.0. The number of amides is 2. The summed E-state index contributed by atoms with van der Waals surface area (Å²) in [5.41, 5.74) is 2.90. The molecule has 4 rings (SSSR count). The Morgan fingerprint density at radius 3 is 2.81 bits per heavy atom. The van der Waals surface area contributed by atoms with Gasteiger partial charge in [-0.1, -0.05) is 34.5 Å². The van der Waals surface area contributed by atoms with Crippen molar-refractivity contribution in [2.75, 3.05) is 11.9 Å². The first-order valence-electron chi connectivity index (χ1n) is 9.90. The summed E-state index contributed by atoms with van der Waals surface area (Å²) in [6.45, 7) is 5.55. The predicted molar refractivity (Wildman–Crippen MR) is 125 cm³/mol. The van der Waals surface area contributed by atoms with Gasteiger partial charge in [-0.05, 0) is 39.0 Å². The number of nitrogens with one attached hydrogen (secondary N) is 2. The number of nitrogens with zero attached hydrogens (tertiary/aromatic N) is 3. The molecule has 0 fully saturated rings. The molecule has 0 bridgehead atoms. The fraction of sp³-hybridized carbons (Fsp3) is 0.333. The van der Waals surface area contributed by atoms with Gasteiger partial charge in [0.15, 0.2) is 5.13 Å². The highest BCUT2D eigenvalue weighted by Gasteiger charge is 2.29. The van der Waals surface area contributed by atoms with Crippen LogP contribution in [0.2, 0.25) is 10.0 Å². The van der Waals surface area contributed by atoms with Gasteiger partial charge in [-0.2, -0.15) is 5.10 Å². The highest BCUT2D eigenvalue weighted by molar-refractivity contribution is 7.19. The third-order valence-corrected chi connectivity index (χ3v) is 6.08. The minimum absolute atomic E-state index is 0.0853. The Balaban J connectivity index is 1.43. The number of anilines is 1. The van der Waals surface area contributed by atoms with Crippen molar-refractivity contribution in [2.45, 2.75) is 39.2 Å². The lowest BCUT2D eigenvalue weighted by Gasteiger charge is -2.19. The van der Waals surface area contributed by atoms with E-state index < -0.39 is 11.6 Å². The summed E-state index contributed by atoms with van der Waals surface area (Å²) in [7, 11) is 0. The third-order valence-electron chi connectivity index (χ3n) is 4.51. The second-order valence-corrected chi connectivity index (χ2v) is 10.1. The van der Waals surface area contributed by atoms with Gasteiger partial charge >= 0.3 is 12.0 Å². The molecule has 32 heavy (non-hydrogen) atoms. The second-order valence-electron chi connectivity index (χ2n) is 8.21. The van der Waals surface area contributed by atoms with E-state index in [1.54, 1.807) is 49.8 Å². The molecule has 1 aliphatic rings. The molecule has 8 nitrogen and oxygen atoms in total. The third kappa shape index (κ3) is 4.90. The molecule has 0 saturated heterocycles. The molecule has 0 spiro atoms. The maximum absolute atomic E-state index is 12.2. The molecule has 2 N–H and O–H groups in total. The number of urea groups is 1. The normalized spacial score (nSPS) is 12.3. The Morgan fingerprint density at radius 1 is 1.28 bits per heavy atom. The summed E-state index contributed by atoms with van der Waals surface area (Å²) in [5, 5.41) is 11.4. The van der Waals surface area contributed by atoms with Gasteiger partial charge in [-0.25, -0.2) is 14.5 Å². The van der Waals surface area contributed by atoms with Crippen molar-refractivity contribution in [3.8, 4) is 16.3 Å². The fourth-order valence-corrected chi connectivity index (χ4v) is 4.69. The standard InChI is InChI=1S/C21H21Cl2N5O3S/c1-21(2,3)31-16(29)6-7-24-19(30)27-20-26-14-8-11-10-25-28(17(11)18(14)32-20)15-9-12(22)4-5-13(15)23/h4-5,9-10H,6-8H2,1-3H3,(H2,24,26,27,30). The number of ether oxygens (including phenoxy) is 1. The molecule has 0 aliphatic heterocycles. The van der Waals surface area contributed by atoms with Crippen molar-refractivity contribution < 1.29 is 14.3 Å². The Morgan fingerprint density at radius 2 is 2.06 bits per heavy atom. The number of hydrogen-bond donors (Lipinski definition) is 2. The molecule has 168 valence electrons. The molecular weight excluding hydrogens is 473 g/mol. The minimum Gasteiger partial charge on any atom is -0.460 e. The Bertz CT molecular complexity index is 1200. The van der Waals surface area contributed by atoms with Gasteiger partial charge in [0.25, 0.3) is 0 Å². The van der Waals surface area contributed by atoms with Gasteiger partial charge in [-0.3, -0.25) is 10.1 Å². The summed E-state index contributed by atoms with van der Waals surface area (Å²) < 4.78 is 6.97. The van der Waals surface area contributed by atoms with E-state index in [0.29, 0.717) is 27.3 Å². The quantitative estimate of drug-likeness (QED) is 0.378. The topological polar surface area (TPSA) is 98.1 Å². The Kier molecular flexibility index (Phi) is 6.15. The number of carbonyl (C=O) groups is 2. The van der Waals surface area contributed by atoms with Gasteiger partial charge in [0.05, 0.1) is 39.6 Å². The number of benzene rings is 1. The van der Waals surface area contributed by atoms with Crippen LogP contribution in [0.15, 0.2) is 24.4 Å². The van der Waals surface area contributed by atoms with Gasteiger partial charge in [0.1, 0.15) is 5.60 Å². The van der Waals surface area contributed by atoms with Gasteiger partial charge < -0.3 is 10.1 Å². The number of rotatable bonds is 5. The van der Waals surface area contributed by atoms with E-state index in [-0.39, 0.29) is 18.9 Å². The van der Waals surface area contributed by atoms with Crippen LogP contribution < -0.4 is 10.6 Å². The van der Waals surface area contributed by atoms with Crippen LogP contribution in [0, 0.1) is 0 Å². The summed E-state index contributed by atoms with van der Waals surface area (Å²) in [6.07, 6.45) is 2.49. The molecule has 2 aromatic heterocycles. The van der Waals surface area contributed by atoms with Crippen molar-refractivity contribution in [1.82, 2.24) is 20.1 Å². The molecule has 1 aromatic carbocycles. The molecule has 2 amide bonds. The zero-order chi connectivity index (χ0) is 23.0. The van der Waals surface area contributed by atoms with E-state index in [9.17, 15) is 9.59 Å². The largest absolute Gasteiger partial charge is 0.460 e. The first kappa shape index (κ1) is 22.6. The fourth-order valence-electron chi connectivity index (χ4n) is 3.29. The average Bonchev–Trinajstić information content (AvgIpc) is 3.33. The van der Waals surface area contributed by atoms with E-state index >= 15 is 0 Å². The van der Waals surface area contributed by atoms with E-state index in [0.717, 1.165) is 21.8 Å². The first-order chi connectivity index (χ1) is 15.1. The molecule has 2 heterocycles. The van der Waals surface area contributed by atoms with Crippen molar-refractivity contribution in [2.24, 2.45) is 0 Å². The van der Waals surface area contributed by atoms with Gasteiger partial charge in [0.2, 0.25) is 0 Å². The van der Waals surface area contributed by atoms with Gasteiger partial charge in [-0.15, -0.1) is 0 Å². The zero-order valence-electron chi connectivity index (χ0n) is 17.7. The predicted octanol–water partition coefficient (Wildman–Crippen LogP) is 5.06. The van der Waals surface area contributed by atoms with Crippen LogP contribution in [0.25, 0.3) is 16.3 Å². The first-order valence-corrected chi connectivity index (χ1v) is 11.5. The highest BCUT2D eigenvalue weighted by Crippen LogP contribution is 2.43. The molecule has 11 heteroatoms.